The largest absolute Gasteiger partial charge is 0.381 e. The zero-order chi connectivity index (χ0) is 23.7. The number of hydrogen-bond donors (Lipinski definition) is 2. The topological polar surface area (TPSA) is 79.4 Å². The van der Waals surface area contributed by atoms with Gasteiger partial charge in [-0.3, -0.25) is 4.79 Å². The minimum Gasteiger partial charge on any atom is -0.381 e. The highest BCUT2D eigenvalue weighted by atomic mass is 32.1. The number of fused-ring (bicyclic) bond motifs is 5. The van der Waals surface area contributed by atoms with Crippen LogP contribution in [0.25, 0.3) is 38.3 Å². The van der Waals surface area contributed by atoms with Crippen molar-refractivity contribution in [3.63, 3.8) is 0 Å². The van der Waals surface area contributed by atoms with Crippen LogP contribution in [0, 0.1) is 5.41 Å². The molecule has 0 radical (unpaired) electrons. The highest BCUT2D eigenvalue weighted by Gasteiger charge is 2.49. The van der Waals surface area contributed by atoms with Gasteiger partial charge in [0.2, 0.25) is 0 Å². The zero-order valence-electron chi connectivity index (χ0n) is 19.4. The second kappa shape index (κ2) is 7.50. The summed E-state index contributed by atoms with van der Waals surface area (Å²) in [4.78, 5) is 25.6. The lowest BCUT2D eigenvalue weighted by Crippen LogP contribution is -2.66. The molecule has 0 saturated carbocycles. The van der Waals surface area contributed by atoms with Crippen LogP contribution in [-0.2, 0) is 4.74 Å². The van der Waals surface area contributed by atoms with Crippen molar-refractivity contribution >= 4 is 55.8 Å². The van der Waals surface area contributed by atoms with Crippen molar-refractivity contribution in [3.05, 3.63) is 53.5 Å². The van der Waals surface area contributed by atoms with Gasteiger partial charge in [-0.1, -0.05) is 6.58 Å². The van der Waals surface area contributed by atoms with E-state index in [2.05, 4.69) is 46.4 Å². The van der Waals surface area contributed by atoms with Gasteiger partial charge >= 0.3 is 0 Å². The van der Waals surface area contributed by atoms with E-state index in [9.17, 15) is 4.79 Å². The summed E-state index contributed by atoms with van der Waals surface area (Å²) >= 11 is 1.53. The normalized spacial score (nSPS) is 20.5. The van der Waals surface area contributed by atoms with Crippen LogP contribution in [0.4, 0.5) is 11.5 Å². The summed E-state index contributed by atoms with van der Waals surface area (Å²) in [6, 6.07) is 12.5. The van der Waals surface area contributed by atoms with Crippen LogP contribution in [0.15, 0.2) is 43.0 Å². The SMILES string of the molecule is C=Cc1cc(-c2ccc3c(ccc4sc5c(c43)NC[C@@H](C)NC5=O)n2)cc(N2CC3(COC3)C2)n1. The maximum Gasteiger partial charge on any atom is 0.263 e. The van der Waals surface area contributed by atoms with Gasteiger partial charge in [0.1, 0.15) is 10.7 Å². The molecule has 0 bridgehead atoms. The first-order valence-corrected chi connectivity index (χ1v) is 12.7. The average Bonchev–Trinajstić information content (AvgIpc) is 3.13. The van der Waals surface area contributed by atoms with Gasteiger partial charge in [0.25, 0.3) is 5.91 Å². The molecule has 1 amide bonds. The molecule has 8 heteroatoms. The number of rotatable bonds is 3. The third kappa shape index (κ3) is 3.24. The monoisotopic (exact) mass is 483 g/mol. The van der Waals surface area contributed by atoms with E-state index in [0.29, 0.717) is 12.0 Å². The smallest absolute Gasteiger partial charge is 0.263 e. The molecule has 2 saturated heterocycles. The summed E-state index contributed by atoms with van der Waals surface area (Å²) in [6.07, 6.45) is 1.79. The first-order valence-electron chi connectivity index (χ1n) is 11.9. The van der Waals surface area contributed by atoms with Crippen LogP contribution in [0.2, 0.25) is 0 Å². The fraction of sp³-hybridized carbons (Fsp3) is 0.296. The van der Waals surface area contributed by atoms with Gasteiger partial charge in [-0.25, -0.2) is 9.97 Å². The highest BCUT2D eigenvalue weighted by Crippen LogP contribution is 2.42. The number of aromatic nitrogens is 2. The predicted octanol–water partition coefficient (Wildman–Crippen LogP) is 4.53. The number of benzene rings is 1. The number of amides is 1. The number of carbonyl (C=O) groups excluding carboxylic acids is 1. The van der Waals surface area contributed by atoms with Gasteiger partial charge < -0.3 is 20.3 Å². The molecule has 1 atom stereocenters. The summed E-state index contributed by atoms with van der Waals surface area (Å²) in [6.45, 7) is 10.3. The Bertz CT molecular complexity index is 1530. The number of carbonyl (C=O) groups is 1. The summed E-state index contributed by atoms with van der Waals surface area (Å²) < 4.78 is 6.51. The molecule has 176 valence electrons. The number of hydrogen-bond acceptors (Lipinski definition) is 7. The molecule has 0 aliphatic carbocycles. The summed E-state index contributed by atoms with van der Waals surface area (Å²) in [5.74, 6) is 0.943. The fourth-order valence-electron chi connectivity index (χ4n) is 5.34. The number of pyridine rings is 2. The Balaban J connectivity index is 1.31. The molecule has 6 heterocycles. The Kier molecular flexibility index (Phi) is 4.47. The Morgan fingerprint density at radius 1 is 1.20 bits per heavy atom. The van der Waals surface area contributed by atoms with Crippen molar-refractivity contribution < 1.29 is 9.53 Å². The molecule has 1 aromatic carbocycles. The van der Waals surface area contributed by atoms with Crippen LogP contribution in [0.5, 0.6) is 0 Å². The third-order valence-electron chi connectivity index (χ3n) is 7.22. The van der Waals surface area contributed by atoms with E-state index in [0.717, 1.165) is 80.6 Å². The number of ether oxygens (including phenoxy) is 1. The minimum atomic E-state index is -0.0149. The van der Waals surface area contributed by atoms with Crippen LogP contribution in [0.1, 0.15) is 22.3 Å². The van der Waals surface area contributed by atoms with E-state index in [4.69, 9.17) is 14.7 Å². The molecule has 1 spiro atoms. The lowest BCUT2D eigenvalue weighted by atomic mass is 9.78. The van der Waals surface area contributed by atoms with Crippen LogP contribution in [0.3, 0.4) is 0 Å². The third-order valence-corrected chi connectivity index (χ3v) is 8.37. The zero-order valence-corrected chi connectivity index (χ0v) is 20.2. The molecule has 7 nitrogen and oxygen atoms in total. The summed E-state index contributed by atoms with van der Waals surface area (Å²) in [5.41, 5.74) is 4.90. The summed E-state index contributed by atoms with van der Waals surface area (Å²) in [7, 11) is 0. The standard InChI is InChI=1S/C27H25N5O2S/c1-3-17-8-16(9-22(30-17)32-11-27(12-32)13-34-14-27)19-5-4-18-20(31-19)6-7-21-23(18)24-25(35-21)26(33)29-15(2)10-28-24/h3-9,15,28H,1,10-14H2,2H3,(H,29,33)/t15-/m1/s1. The number of nitrogens with zero attached hydrogens (tertiary/aromatic N) is 3. The fourth-order valence-corrected chi connectivity index (χ4v) is 6.43. The minimum absolute atomic E-state index is 0.0149. The number of anilines is 2. The van der Waals surface area contributed by atoms with Gasteiger partial charge in [0.15, 0.2) is 0 Å². The van der Waals surface area contributed by atoms with E-state index in [-0.39, 0.29) is 11.9 Å². The maximum atomic E-state index is 12.7. The van der Waals surface area contributed by atoms with Crippen LogP contribution >= 0.6 is 11.3 Å². The van der Waals surface area contributed by atoms with Crippen molar-refractivity contribution in [1.82, 2.24) is 15.3 Å². The van der Waals surface area contributed by atoms with Crippen LogP contribution < -0.4 is 15.5 Å². The first-order chi connectivity index (χ1) is 17.0. The van der Waals surface area contributed by atoms with E-state index in [1.807, 2.05) is 19.1 Å². The molecule has 3 aromatic heterocycles. The van der Waals surface area contributed by atoms with Gasteiger partial charge in [-0.05, 0) is 49.4 Å². The number of thiophene rings is 1. The molecular formula is C27H25N5O2S. The van der Waals surface area contributed by atoms with Gasteiger partial charge in [0.05, 0.1) is 41.2 Å². The van der Waals surface area contributed by atoms with E-state index >= 15 is 0 Å². The molecule has 4 aromatic rings. The number of nitrogens with one attached hydrogen (secondary N) is 2. The molecule has 0 unspecified atom stereocenters. The lowest BCUT2D eigenvalue weighted by Gasteiger charge is -2.55. The second-order valence-electron chi connectivity index (χ2n) is 9.96. The molecule has 3 aliphatic rings. The van der Waals surface area contributed by atoms with Gasteiger partial charge in [-0.15, -0.1) is 11.3 Å². The van der Waals surface area contributed by atoms with Crippen molar-refractivity contribution in [1.29, 1.82) is 0 Å². The first kappa shape index (κ1) is 20.8. The van der Waals surface area contributed by atoms with Gasteiger partial charge in [-0.2, -0.15) is 0 Å². The quantitative estimate of drug-likeness (QED) is 0.446. The molecule has 3 aliphatic heterocycles. The van der Waals surface area contributed by atoms with Crippen LogP contribution in [-0.4, -0.2) is 54.8 Å². The molecule has 35 heavy (non-hydrogen) atoms. The molecule has 2 fully saturated rings. The van der Waals surface area contributed by atoms with E-state index in [1.54, 1.807) is 6.08 Å². The molecule has 2 N–H and O–H groups in total. The van der Waals surface area contributed by atoms with Crippen molar-refractivity contribution in [2.75, 3.05) is 43.1 Å². The van der Waals surface area contributed by atoms with E-state index in [1.165, 1.54) is 11.3 Å². The Labute approximate surface area is 206 Å². The Morgan fingerprint density at radius 2 is 2.06 bits per heavy atom. The van der Waals surface area contributed by atoms with E-state index < -0.39 is 0 Å². The van der Waals surface area contributed by atoms with Crippen molar-refractivity contribution in [2.45, 2.75) is 13.0 Å². The second-order valence-corrected chi connectivity index (χ2v) is 11.0. The molecular weight excluding hydrogens is 458 g/mol. The van der Waals surface area contributed by atoms with Crippen molar-refractivity contribution in [3.8, 4) is 11.3 Å². The highest BCUT2D eigenvalue weighted by molar-refractivity contribution is 7.21. The Hall–Kier alpha value is -3.49. The molecule has 7 rings (SSSR count). The Morgan fingerprint density at radius 3 is 2.83 bits per heavy atom. The average molecular weight is 484 g/mol. The maximum absolute atomic E-state index is 12.7. The predicted molar refractivity (Wildman–Crippen MR) is 141 cm³/mol. The van der Waals surface area contributed by atoms with Crippen molar-refractivity contribution in [2.24, 2.45) is 5.41 Å². The summed E-state index contributed by atoms with van der Waals surface area (Å²) in [5, 5.41) is 8.67. The van der Waals surface area contributed by atoms with Gasteiger partial charge in [0, 0.05) is 46.7 Å². The lowest BCUT2D eigenvalue weighted by molar-refractivity contribution is -0.127.